The second-order valence-corrected chi connectivity index (χ2v) is 6.15. The van der Waals surface area contributed by atoms with Crippen molar-refractivity contribution in [3.63, 3.8) is 0 Å². The van der Waals surface area contributed by atoms with E-state index < -0.39 is 9.84 Å². The van der Waals surface area contributed by atoms with Gasteiger partial charge in [-0.3, -0.25) is 4.79 Å². The summed E-state index contributed by atoms with van der Waals surface area (Å²) in [6, 6.07) is 0. The summed E-state index contributed by atoms with van der Waals surface area (Å²) in [5.41, 5.74) is 0. The maximum Gasteiger partial charge on any atom is 0.221 e. The molecule has 1 amide bonds. The summed E-state index contributed by atoms with van der Waals surface area (Å²) in [6.07, 6.45) is 1.61. The summed E-state index contributed by atoms with van der Waals surface area (Å²) in [7, 11) is -2.95. The van der Waals surface area contributed by atoms with Gasteiger partial charge < -0.3 is 5.32 Å². The van der Waals surface area contributed by atoms with E-state index in [4.69, 9.17) is 11.6 Å². The quantitative estimate of drug-likeness (QED) is 0.719. The largest absolute Gasteiger partial charge is 0.355 e. The molecule has 4 nitrogen and oxygen atoms in total. The van der Waals surface area contributed by atoms with Crippen LogP contribution in [0, 0.1) is 0 Å². The number of carbonyl (C=O) groups is 1. The van der Waals surface area contributed by atoms with Gasteiger partial charge in [-0.25, -0.2) is 8.42 Å². The Hall–Kier alpha value is -0.290. The van der Waals surface area contributed by atoms with Crippen LogP contribution in [0.25, 0.3) is 0 Å². The molecule has 1 unspecified atom stereocenters. The van der Waals surface area contributed by atoms with Gasteiger partial charge in [0.15, 0.2) is 9.84 Å². The van der Waals surface area contributed by atoms with Crippen molar-refractivity contribution < 1.29 is 13.2 Å². The van der Waals surface area contributed by atoms with Crippen molar-refractivity contribution in [2.45, 2.75) is 24.5 Å². The predicted octanol–water partition coefficient (Wildman–Crippen LogP) is 0.309. The first-order chi connectivity index (χ1) is 6.56. The number of nitrogens with one attached hydrogen (secondary N) is 1. The van der Waals surface area contributed by atoms with Gasteiger partial charge in [-0.15, -0.1) is 11.6 Å². The van der Waals surface area contributed by atoms with Crippen LogP contribution >= 0.6 is 11.6 Å². The van der Waals surface area contributed by atoms with E-state index >= 15 is 0 Å². The van der Waals surface area contributed by atoms with Gasteiger partial charge in [0.1, 0.15) is 0 Å². The zero-order valence-electron chi connectivity index (χ0n) is 7.83. The topological polar surface area (TPSA) is 63.2 Å². The van der Waals surface area contributed by atoms with Gasteiger partial charge in [-0.1, -0.05) is 0 Å². The molecule has 0 aromatic rings. The maximum atomic E-state index is 11.4. The smallest absolute Gasteiger partial charge is 0.221 e. The maximum absolute atomic E-state index is 11.4. The van der Waals surface area contributed by atoms with Crippen molar-refractivity contribution in [3.05, 3.63) is 0 Å². The molecule has 1 aliphatic rings. The van der Waals surface area contributed by atoms with E-state index in [1.54, 1.807) is 0 Å². The summed E-state index contributed by atoms with van der Waals surface area (Å²) >= 11 is 5.37. The molecule has 1 rings (SSSR count). The number of carbonyl (C=O) groups excluding carboxylic acids is 1. The van der Waals surface area contributed by atoms with E-state index in [2.05, 4.69) is 5.32 Å². The number of hydrogen-bond donors (Lipinski definition) is 1. The highest BCUT2D eigenvalue weighted by atomic mass is 35.5. The third kappa shape index (κ3) is 3.13. The molecule has 1 heterocycles. The third-order valence-corrected chi connectivity index (χ3v) is 4.78. The lowest BCUT2D eigenvalue weighted by Crippen LogP contribution is -2.34. The predicted molar refractivity (Wildman–Crippen MR) is 55.2 cm³/mol. The van der Waals surface area contributed by atoms with Crippen LogP contribution in [0.5, 0.6) is 0 Å². The minimum atomic E-state index is -2.95. The SMILES string of the molecule is O=C(CCCl)NCC1CCCS1(=O)=O. The fourth-order valence-corrected chi connectivity index (χ4v) is 3.43. The molecule has 0 aliphatic carbocycles. The van der Waals surface area contributed by atoms with Gasteiger partial charge in [-0.05, 0) is 12.8 Å². The van der Waals surface area contributed by atoms with Gasteiger partial charge in [0.25, 0.3) is 0 Å². The number of sulfone groups is 1. The lowest BCUT2D eigenvalue weighted by Gasteiger charge is -2.09. The molecule has 0 aromatic carbocycles. The van der Waals surface area contributed by atoms with Crippen molar-refractivity contribution >= 4 is 27.3 Å². The Morgan fingerprint density at radius 1 is 1.50 bits per heavy atom. The minimum absolute atomic E-state index is 0.179. The van der Waals surface area contributed by atoms with Crippen molar-refractivity contribution in [2.24, 2.45) is 0 Å². The van der Waals surface area contributed by atoms with E-state index in [9.17, 15) is 13.2 Å². The molecule has 0 aromatic heterocycles. The van der Waals surface area contributed by atoms with Crippen molar-refractivity contribution in [3.8, 4) is 0 Å². The van der Waals surface area contributed by atoms with E-state index in [-0.39, 0.29) is 35.8 Å². The van der Waals surface area contributed by atoms with Gasteiger partial charge in [-0.2, -0.15) is 0 Å². The molecular weight excluding hydrogens is 226 g/mol. The normalized spacial score (nSPS) is 24.8. The molecule has 1 aliphatic heterocycles. The van der Waals surface area contributed by atoms with Crippen LogP contribution in [0.1, 0.15) is 19.3 Å². The first-order valence-electron chi connectivity index (χ1n) is 4.60. The number of rotatable bonds is 4. The zero-order chi connectivity index (χ0) is 10.6. The van der Waals surface area contributed by atoms with Gasteiger partial charge in [0.05, 0.1) is 11.0 Å². The molecule has 0 bridgehead atoms. The first kappa shape index (κ1) is 11.8. The van der Waals surface area contributed by atoms with Crippen molar-refractivity contribution in [1.82, 2.24) is 5.32 Å². The lowest BCUT2D eigenvalue weighted by molar-refractivity contribution is -0.120. The molecule has 0 radical (unpaired) electrons. The standard InChI is InChI=1S/C8H14ClNO3S/c9-4-3-8(11)10-6-7-2-1-5-14(7,12)13/h7H,1-6H2,(H,10,11). The van der Waals surface area contributed by atoms with Gasteiger partial charge in [0, 0.05) is 18.8 Å². The molecule has 0 saturated carbocycles. The zero-order valence-corrected chi connectivity index (χ0v) is 9.40. The Balaban J connectivity index is 2.35. The highest BCUT2D eigenvalue weighted by Gasteiger charge is 2.31. The van der Waals surface area contributed by atoms with Crippen molar-refractivity contribution in [1.29, 1.82) is 0 Å². The molecule has 1 fully saturated rings. The second-order valence-electron chi connectivity index (χ2n) is 3.37. The van der Waals surface area contributed by atoms with Crippen LogP contribution in [0.3, 0.4) is 0 Å². The summed E-state index contributed by atoms with van der Waals surface area (Å²) < 4.78 is 22.7. The highest BCUT2D eigenvalue weighted by Crippen LogP contribution is 2.18. The molecular formula is C8H14ClNO3S. The molecule has 1 N–H and O–H groups in total. The number of amides is 1. The number of alkyl halides is 1. The average molecular weight is 240 g/mol. The Kier molecular flexibility index (Phi) is 4.19. The van der Waals surface area contributed by atoms with E-state index in [1.807, 2.05) is 0 Å². The van der Waals surface area contributed by atoms with E-state index in [0.29, 0.717) is 12.8 Å². The Morgan fingerprint density at radius 3 is 2.71 bits per heavy atom. The summed E-state index contributed by atoms with van der Waals surface area (Å²) in [4.78, 5) is 11.0. The van der Waals surface area contributed by atoms with Crippen LogP contribution in [0.15, 0.2) is 0 Å². The monoisotopic (exact) mass is 239 g/mol. The first-order valence-corrected chi connectivity index (χ1v) is 6.85. The Morgan fingerprint density at radius 2 is 2.21 bits per heavy atom. The Labute approximate surface area is 88.9 Å². The van der Waals surface area contributed by atoms with Crippen LogP contribution in [0.4, 0.5) is 0 Å². The number of hydrogen-bond acceptors (Lipinski definition) is 3. The van der Waals surface area contributed by atoms with Crippen LogP contribution < -0.4 is 5.32 Å². The van der Waals surface area contributed by atoms with Crippen molar-refractivity contribution in [2.75, 3.05) is 18.2 Å². The molecule has 82 valence electrons. The molecule has 0 spiro atoms. The second kappa shape index (κ2) is 4.98. The highest BCUT2D eigenvalue weighted by molar-refractivity contribution is 7.92. The number of halogens is 1. The Bertz CT molecular complexity index is 302. The van der Waals surface area contributed by atoms with Gasteiger partial charge in [0.2, 0.25) is 5.91 Å². The summed E-state index contributed by atoms with van der Waals surface area (Å²) in [6.45, 7) is 0.234. The van der Waals surface area contributed by atoms with Crippen LogP contribution in [-0.2, 0) is 14.6 Å². The fourth-order valence-electron chi connectivity index (χ4n) is 1.49. The molecule has 14 heavy (non-hydrogen) atoms. The molecule has 1 saturated heterocycles. The molecule has 6 heteroatoms. The average Bonchev–Trinajstić information content (AvgIpc) is 2.42. The summed E-state index contributed by atoms with van der Waals surface area (Å²) in [5.74, 6) is 0.342. The molecule has 1 atom stereocenters. The van der Waals surface area contributed by atoms with Crippen LogP contribution in [0.2, 0.25) is 0 Å². The van der Waals surface area contributed by atoms with Crippen LogP contribution in [-0.4, -0.2) is 37.8 Å². The van der Waals surface area contributed by atoms with E-state index in [0.717, 1.165) is 0 Å². The lowest BCUT2D eigenvalue weighted by atomic mass is 10.2. The van der Waals surface area contributed by atoms with E-state index in [1.165, 1.54) is 0 Å². The fraction of sp³-hybridized carbons (Fsp3) is 0.875. The van der Waals surface area contributed by atoms with Gasteiger partial charge >= 0.3 is 0 Å². The third-order valence-electron chi connectivity index (χ3n) is 2.31. The minimum Gasteiger partial charge on any atom is -0.355 e. The summed E-state index contributed by atoms with van der Waals surface area (Å²) in [5, 5.41) is 2.19.